The zero-order valence-electron chi connectivity index (χ0n) is 5.58. The quantitative estimate of drug-likeness (QED) is 0.683. The summed E-state index contributed by atoms with van der Waals surface area (Å²) in [6.07, 6.45) is 0. The van der Waals surface area contributed by atoms with Gasteiger partial charge in [0.05, 0.1) is 17.3 Å². The van der Waals surface area contributed by atoms with Gasteiger partial charge in [-0.05, 0) is 12.1 Å². The monoisotopic (exact) mass is 168 g/mol. The highest BCUT2D eigenvalue weighted by atomic mass is 35.5. The Morgan fingerprint density at radius 1 is 1.64 bits per heavy atom. The molecule has 0 aliphatic carbocycles. The molecule has 0 bridgehead atoms. The molecule has 1 N–H and O–H groups in total. The molecular weight excluding hydrogens is 164 g/mol. The van der Waals surface area contributed by atoms with Crippen LogP contribution in [0, 0.1) is 11.3 Å². The highest BCUT2D eigenvalue weighted by Crippen LogP contribution is 2.13. The first-order valence-electron chi connectivity index (χ1n) is 2.94. The average Bonchev–Trinajstić information content (AvgIpc) is 2.05. The van der Waals surface area contributed by atoms with E-state index in [9.17, 15) is 0 Å². The maximum absolute atomic E-state index is 8.68. The first-order chi connectivity index (χ1) is 5.27. The van der Waals surface area contributed by atoms with Crippen LogP contribution in [0.3, 0.4) is 0 Å². The minimum Gasteiger partial charge on any atom is -0.390 e. The number of nitrogens with zero attached hydrogens (tertiary/aromatic N) is 2. The normalized spacial score (nSPS) is 9.18. The molecule has 3 nitrogen and oxygen atoms in total. The fourth-order valence-corrected chi connectivity index (χ4v) is 0.823. The standard InChI is InChI=1S/C7H5ClN2O/c8-6-2-1-5(3-9)10-7(6)4-11/h1-2,11H,4H2. The molecule has 1 aromatic rings. The Morgan fingerprint density at radius 2 is 2.36 bits per heavy atom. The van der Waals surface area contributed by atoms with Gasteiger partial charge in [0.15, 0.2) is 0 Å². The van der Waals surface area contributed by atoms with Gasteiger partial charge in [0.2, 0.25) is 0 Å². The van der Waals surface area contributed by atoms with Crippen LogP contribution in [0.25, 0.3) is 0 Å². The van der Waals surface area contributed by atoms with Gasteiger partial charge in [0.1, 0.15) is 11.8 Å². The SMILES string of the molecule is N#Cc1ccc(Cl)c(CO)n1. The molecule has 0 fully saturated rings. The summed E-state index contributed by atoms with van der Waals surface area (Å²) in [5.74, 6) is 0. The number of hydrogen-bond donors (Lipinski definition) is 1. The smallest absolute Gasteiger partial charge is 0.140 e. The number of hydrogen-bond acceptors (Lipinski definition) is 3. The number of aromatic nitrogens is 1. The van der Waals surface area contributed by atoms with Crippen molar-refractivity contribution in [2.75, 3.05) is 0 Å². The predicted molar refractivity (Wildman–Crippen MR) is 39.9 cm³/mol. The first-order valence-corrected chi connectivity index (χ1v) is 3.32. The zero-order chi connectivity index (χ0) is 8.27. The molecule has 0 aromatic carbocycles. The fraction of sp³-hybridized carbons (Fsp3) is 0.143. The Morgan fingerprint density at radius 3 is 2.91 bits per heavy atom. The van der Waals surface area contributed by atoms with E-state index in [-0.39, 0.29) is 12.3 Å². The van der Waals surface area contributed by atoms with Crippen molar-refractivity contribution in [1.29, 1.82) is 5.26 Å². The van der Waals surface area contributed by atoms with Crippen LogP contribution in [-0.2, 0) is 6.61 Å². The molecule has 0 saturated carbocycles. The molecule has 11 heavy (non-hydrogen) atoms. The van der Waals surface area contributed by atoms with Gasteiger partial charge in [-0.2, -0.15) is 5.26 Å². The van der Waals surface area contributed by atoms with E-state index >= 15 is 0 Å². The Labute approximate surface area is 68.9 Å². The molecule has 0 radical (unpaired) electrons. The van der Waals surface area contributed by atoms with Crippen LogP contribution in [0.15, 0.2) is 12.1 Å². The van der Waals surface area contributed by atoms with Gasteiger partial charge in [0, 0.05) is 0 Å². The molecule has 0 aliphatic rings. The lowest BCUT2D eigenvalue weighted by Crippen LogP contribution is -1.92. The van der Waals surface area contributed by atoms with E-state index in [4.69, 9.17) is 22.0 Å². The van der Waals surface area contributed by atoms with Crippen molar-refractivity contribution in [2.24, 2.45) is 0 Å². The summed E-state index contributed by atoms with van der Waals surface area (Å²) in [6.45, 7) is -0.242. The molecule has 1 heterocycles. The van der Waals surface area contributed by atoms with Crippen molar-refractivity contribution in [1.82, 2.24) is 4.98 Å². The number of pyridine rings is 1. The Hall–Kier alpha value is -1.11. The molecule has 0 spiro atoms. The number of aliphatic hydroxyl groups excluding tert-OH is 1. The van der Waals surface area contributed by atoms with Crippen LogP contribution in [0.1, 0.15) is 11.4 Å². The third kappa shape index (κ3) is 1.67. The zero-order valence-corrected chi connectivity index (χ0v) is 6.34. The molecule has 1 rings (SSSR count). The Bertz CT molecular complexity index is 306. The lowest BCUT2D eigenvalue weighted by Gasteiger charge is -1.97. The topological polar surface area (TPSA) is 56.9 Å². The van der Waals surface area contributed by atoms with E-state index in [0.717, 1.165) is 0 Å². The van der Waals surface area contributed by atoms with Crippen molar-refractivity contribution in [3.05, 3.63) is 28.5 Å². The van der Waals surface area contributed by atoms with Crippen molar-refractivity contribution >= 4 is 11.6 Å². The van der Waals surface area contributed by atoms with E-state index in [1.807, 2.05) is 6.07 Å². The summed E-state index contributed by atoms with van der Waals surface area (Å²) in [4.78, 5) is 3.77. The maximum Gasteiger partial charge on any atom is 0.140 e. The van der Waals surface area contributed by atoms with Crippen LogP contribution < -0.4 is 0 Å². The highest BCUT2D eigenvalue weighted by Gasteiger charge is 2.00. The molecular formula is C7H5ClN2O. The largest absolute Gasteiger partial charge is 0.390 e. The lowest BCUT2D eigenvalue weighted by atomic mass is 10.3. The van der Waals surface area contributed by atoms with Crippen LogP contribution in [0.5, 0.6) is 0 Å². The van der Waals surface area contributed by atoms with E-state index in [1.165, 1.54) is 6.07 Å². The second kappa shape index (κ2) is 3.33. The average molecular weight is 169 g/mol. The molecule has 56 valence electrons. The second-order valence-electron chi connectivity index (χ2n) is 1.89. The second-order valence-corrected chi connectivity index (χ2v) is 2.30. The van der Waals surface area contributed by atoms with Crippen molar-refractivity contribution in [3.63, 3.8) is 0 Å². The van der Waals surface area contributed by atoms with E-state index < -0.39 is 0 Å². The maximum atomic E-state index is 8.68. The van der Waals surface area contributed by atoms with Crippen molar-refractivity contribution in [2.45, 2.75) is 6.61 Å². The minimum atomic E-state index is -0.242. The van der Waals surface area contributed by atoms with E-state index in [2.05, 4.69) is 4.98 Å². The third-order valence-electron chi connectivity index (χ3n) is 1.18. The summed E-state index contributed by atoms with van der Waals surface area (Å²) >= 11 is 5.62. The van der Waals surface area contributed by atoms with E-state index in [0.29, 0.717) is 10.7 Å². The number of nitriles is 1. The molecule has 0 saturated heterocycles. The summed E-state index contributed by atoms with van der Waals surface area (Å²) in [5, 5.41) is 17.5. The summed E-state index contributed by atoms with van der Waals surface area (Å²) in [6, 6.07) is 4.89. The highest BCUT2D eigenvalue weighted by molar-refractivity contribution is 6.31. The fourth-order valence-electron chi connectivity index (χ4n) is 0.658. The number of rotatable bonds is 1. The van der Waals surface area contributed by atoms with Gasteiger partial charge in [-0.1, -0.05) is 11.6 Å². The van der Waals surface area contributed by atoms with Crippen molar-refractivity contribution in [3.8, 4) is 6.07 Å². The van der Waals surface area contributed by atoms with Crippen LogP contribution in [0.4, 0.5) is 0 Å². The van der Waals surface area contributed by atoms with Gasteiger partial charge in [-0.25, -0.2) is 4.98 Å². The Balaban J connectivity index is 3.15. The van der Waals surface area contributed by atoms with Crippen LogP contribution in [-0.4, -0.2) is 10.1 Å². The molecule has 0 aliphatic heterocycles. The Kier molecular flexibility index (Phi) is 2.42. The predicted octanol–water partition coefficient (Wildman–Crippen LogP) is 1.10. The third-order valence-corrected chi connectivity index (χ3v) is 1.53. The summed E-state index contributed by atoms with van der Waals surface area (Å²) in [5.41, 5.74) is 0.601. The number of halogens is 1. The lowest BCUT2D eigenvalue weighted by molar-refractivity contribution is 0.277. The van der Waals surface area contributed by atoms with Gasteiger partial charge in [-0.15, -0.1) is 0 Å². The first kappa shape index (κ1) is 7.99. The number of aliphatic hydroxyl groups is 1. The molecule has 0 atom stereocenters. The molecule has 0 unspecified atom stereocenters. The van der Waals surface area contributed by atoms with Gasteiger partial charge < -0.3 is 5.11 Å². The van der Waals surface area contributed by atoms with Gasteiger partial charge in [0.25, 0.3) is 0 Å². The van der Waals surface area contributed by atoms with Crippen LogP contribution >= 0.6 is 11.6 Å². The van der Waals surface area contributed by atoms with Crippen molar-refractivity contribution < 1.29 is 5.11 Å². The molecule has 0 amide bonds. The minimum absolute atomic E-state index is 0.242. The van der Waals surface area contributed by atoms with Gasteiger partial charge in [-0.3, -0.25) is 0 Å². The van der Waals surface area contributed by atoms with E-state index in [1.54, 1.807) is 6.07 Å². The van der Waals surface area contributed by atoms with Gasteiger partial charge >= 0.3 is 0 Å². The van der Waals surface area contributed by atoms with Crippen LogP contribution in [0.2, 0.25) is 5.02 Å². The summed E-state index contributed by atoms with van der Waals surface area (Å²) in [7, 11) is 0. The summed E-state index contributed by atoms with van der Waals surface area (Å²) < 4.78 is 0. The molecule has 1 aromatic heterocycles. The molecule has 4 heteroatoms.